The molecule has 0 spiro atoms. The van der Waals surface area contributed by atoms with E-state index in [0.717, 1.165) is 19.0 Å². The number of amides is 1. The Morgan fingerprint density at radius 1 is 1.41 bits per heavy atom. The molecule has 0 aromatic carbocycles. The summed E-state index contributed by atoms with van der Waals surface area (Å²) in [5, 5.41) is 6.23. The summed E-state index contributed by atoms with van der Waals surface area (Å²) < 4.78 is 5.24. The maximum atomic E-state index is 11.7. The van der Waals surface area contributed by atoms with Crippen molar-refractivity contribution in [2.75, 3.05) is 13.1 Å². The van der Waals surface area contributed by atoms with Crippen molar-refractivity contribution in [3.8, 4) is 0 Å². The minimum absolute atomic E-state index is 0.172. The fraction of sp³-hybridized carbons (Fsp3) is 0.667. The normalized spacial score (nSPS) is 14.9. The molecular formula is C12H19N3O2. The van der Waals surface area contributed by atoms with Crippen molar-refractivity contribution in [3.63, 3.8) is 0 Å². The van der Waals surface area contributed by atoms with Gasteiger partial charge in [0.1, 0.15) is 0 Å². The van der Waals surface area contributed by atoms with E-state index in [2.05, 4.69) is 15.6 Å². The zero-order chi connectivity index (χ0) is 12.3. The van der Waals surface area contributed by atoms with Gasteiger partial charge >= 0.3 is 0 Å². The Balaban J connectivity index is 1.67. The summed E-state index contributed by atoms with van der Waals surface area (Å²) >= 11 is 0. The van der Waals surface area contributed by atoms with Gasteiger partial charge in [-0.3, -0.25) is 4.79 Å². The van der Waals surface area contributed by atoms with Crippen molar-refractivity contribution in [1.82, 2.24) is 15.6 Å². The van der Waals surface area contributed by atoms with Crippen molar-refractivity contribution in [2.45, 2.75) is 39.2 Å². The maximum Gasteiger partial charge on any atom is 0.289 e. The van der Waals surface area contributed by atoms with Crippen LogP contribution in [0, 0.1) is 13.8 Å². The maximum absolute atomic E-state index is 11.7. The Hall–Kier alpha value is -1.36. The van der Waals surface area contributed by atoms with Crippen LogP contribution in [0.4, 0.5) is 0 Å². The second-order valence-corrected chi connectivity index (χ2v) is 4.49. The van der Waals surface area contributed by atoms with Gasteiger partial charge in [-0.25, -0.2) is 4.98 Å². The van der Waals surface area contributed by atoms with Crippen LogP contribution in [0.5, 0.6) is 0 Å². The zero-order valence-corrected chi connectivity index (χ0v) is 10.4. The van der Waals surface area contributed by atoms with Crippen molar-refractivity contribution in [1.29, 1.82) is 0 Å². The molecule has 0 bridgehead atoms. The van der Waals surface area contributed by atoms with Gasteiger partial charge in [0.15, 0.2) is 5.89 Å². The lowest BCUT2D eigenvalue weighted by molar-refractivity contribution is 0.0923. The largest absolute Gasteiger partial charge is 0.436 e. The summed E-state index contributed by atoms with van der Waals surface area (Å²) in [5.74, 6) is 0.690. The Kier molecular flexibility index (Phi) is 3.78. The molecule has 1 aliphatic rings. The van der Waals surface area contributed by atoms with Crippen LogP contribution in [-0.4, -0.2) is 30.0 Å². The monoisotopic (exact) mass is 237 g/mol. The number of hydrogen-bond donors (Lipinski definition) is 2. The Morgan fingerprint density at radius 3 is 2.76 bits per heavy atom. The van der Waals surface area contributed by atoms with Gasteiger partial charge in [0.25, 0.3) is 5.91 Å². The highest BCUT2D eigenvalue weighted by atomic mass is 16.4. The minimum atomic E-state index is -0.172. The molecule has 5 nitrogen and oxygen atoms in total. The van der Waals surface area contributed by atoms with E-state index in [9.17, 15) is 4.79 Å². The molecule has 1 aromatic heterocycles. The van der Waals surface area contributed by atoms with E-state index in [4.69, 9.17) is 4.42 Å². The number of rotatable bonds is 6. The Labute approximate surface area is 101 Å². The Bertz CT molecular complexity index is 396. The third-order valence-corrected chi connectivity index (χ3v) is 2.76. The van der Waals surface area contributed by atoms with E-state index in [1.165, 1.54) is 12.8 Å². The highest BCUT2D eigenvalue weighted by Gasteiger charge is 2.19. The molecule has 17 heavy (non-hydrogen) atoms. The third kappa shape index (κ3) is 3.56. The van der Waals surface area contributed by atoms with Crippen molar-refractivity contribution in [2.24, 2.45) is 0 Å². The Morgan fingerprint density at radius 2 is 2.18 bits per heavy atom. The summed E-state index contributed by atoms with van der Waals surface area (Å²) in [6.07, 6.45) is 3.53. The second kappa shape index (κ2) is 5.31. The highest BCUT2D eigenvalue weighted by molar-refractivity contribution is 5.92. The standard InChI is InChI=1S/C12H19N3O2/c1-8-11(17-9(2)15-8)12(16)14-7-3-6-13-10-4-5-10/h10,13H,3-7H2,1-2H3,(H,14,16). The zero-order valence-electron chi connectivity index (χ0n) is 10.4. The average Bonchev–Trinajstić information content (AvgIpc) is 3.03. The molecule has 2 rings (SSSR count). The van der Waals surface area contributed by atoms with Crippen LogP contribution in [0.3, 0.4) is 0 Å². The summed E-state index contributed by atoms with van der Waals surface area (Å²) in [4.78, 5) is 15.8. The SMILES string of the molecule is Cc1nc(C)c(C(=O)NCCCNC2CC2)o1. The number of nitrogens with one attached hydrogen (secondary N) is 2. The molecule has 0 aliphatic heterocycles. The van der Waals surface area contributed by atoms with Crippen LogP contribution in [0.1, 0.15) is 41.4 Å². The number of carbonyl (C=O) groups excluding carboxylic acids is 1. The molecule has 0 radical (unpaired) electrons. The van der Waals surface area contributed by atoms with Gasteiger partial charge in [0.05, 0.1) is 5.69 Å². The fourth-order valence-electron chi connectivity index (χ4n) is 1.71. The van der Waals surface area contributed by atoms with Crippen LogP contribution in [0.25, 0.3) is 0 Å². The van der Waals surface area contributed by atoms with Gasteiger partial charge in [-0.1, -0.05) is 0 Å². The molecule has 0 atom stereocenters. The number of aromatic nitrogens is 1. The molecule has 1 amide bonds. The molecule has 0 unspecified atom stereocenters. The van der Waals surface area contributed by atoms with E-state index >= 15 is 0 Å². The molecule has 1 heterocycles. The first-order valence-corrected chi connectivity index (χ1v) is 6.12. The first-order valence-electron chi connectivity index (χ1n) is 6.12. The number of nitrogens with zero attached hydrogens (tertiary/aromatic N) is 1. The van der Waals surface area contributed by atoms with Gasteiger partial charge in [0.2, 0.25) is 5.76 Å². The predicted molar refractivity (Wildman–Crippen MR) is 64.0 cm³/mol. The molecular weight excluding hydrogens is 218 g/mol. The highest BCUT2D eigenvalue weighted by Crippen LogP contribution is 2.18. The summed E-state index contributed by atoms with van der Waals surface area (Å²) in [5.41, 5.74) is 0.649. The van der Waals surface area contributed by atoms with Crippen molar-refractivity contribution >= 4 is 5.91 Å². The van der Waals surface area contributed by atoms with Crippen LogP contribution in [0.15, 0.2) is 4.42 Å². The van der Waals surface area contributed by atoms with Gasteiger partial charge in [-0.05, 0) is 32.7 Å². The minimum Gasteiger partial charge on any atom is -0.436 e. The quantitative estimate of drug-likeness (QED) is 0.729. The molecule has 1 aromatic rings. The smallest absolute Gasteiger partial charge is 0.289 e. The topological polar surface area (TPSA) is 67.2 Å². The third-order valence-electron chi connectivity index (χ3n) is 2.76. The van der Waals surface area contributed by atoms with Gasteiger partial charge in [-0.15, -0.1) is 0 Å². The van der Waals surface area contributed by atoms with Gasteiger partial charge < -0.3 is 15.1 Å². The molecule has 0 saturated heterocycles. The summed E-state index contributed by atoms with van der Waals surface area (Å²) in [7, 11) is 0. The molecule has 1 saturated carbocycles. The lowest BCUT2D eigenvalue weighted by Gasteiger charge is -2.04. The van der Waals surface area contributed by atoms with Gasteiger partial charge in [-0.2, -0.15) is 0 Å². The van der Waals surface area contributed by atoms with Crippen molar-refractivity contribution < 1.29 is 9.21 Å². The van der Waals surface area contributed by atoms with Gasteiger partial charge in [0, 0.05) is 19.5 Å². The molecule has 2 N–H and O–H groups in total. The van der Waals surface area contributed by atoms with E-state index in [1.807, 2.05) is 0 Å². The summed E-state index contributed by atoms with van der Waals surface area (Å²) in [6.45, 7) is 5.14. The number of oxazole rings is 1. The number of carbonyl (C=O) groups is 1. The van der Waals surface area contributed by atoms with E-state index in [-0.39, 0.29) is 5.91 Å². The van der Waals surface area contributed by atoms with E-state index in [0.29, 0.717) is 23.9 Å². The van der Waals surface area contributed by atoms with Crippen molar-refractivity contribution in [3.05, 3.63) is 17.3 Å². The lowest BCUT2D eigenvalue weighted by atomic mass is 10.3. The van der Waals surface area contributed by atoms with Crippen LogP contribution in [0.2, 0.25) is 0 Å². The second-order valence-electron chi connectivity index (χ2n) is 4.49. The summed E-state index contributed by atoms with van der Waals surface area (Å²) in [6, 6.07) is 0.727. The molecule has 5 heteroatoms. The first kappa shape index (κ1) is 12.1. The predicted octanol–water partition coefficient (Wildman–Crippen LogP) is 1.16. The first-order chi connectivity index (χ1) is 8.16. The molecule has 94 valence electrons. The van der Waals surface area contributed by atoms with E-state index in [1.54, 1.807) is 13.8 Å². The fourth-order valence-corrected chi connectivity index (χ4v) is 1.71. The number of hydrogen-bond acceptors (Lipinski definition) is 4. The number of aryl methyl sites for hydroxylation is 2. The van der Waals surface area contributed by atoms with E-state index < -0.39 is 0 Å². The van der Waals surface area contributed by atoms with Crippen LogP contribution in [-0.2, 0) is 0 Å². The molecule has 1 aliphatic carbocycles. The lowest BCUT2D eigenvalue weighted by Crippen LogP contribution is -2.28. The average molecular weight is 237 g/mol. The molecule has 1 fully saturated rings. The van der Waals surface area contributed by atoms with Crippen LogP contribution >= 0.6 is 0 Å². The van der Waals surface area contributed by atoms with Crippen LogP contribution < -0.4 is 10.6 Å².